The van der Waals surface area contributed by atoms with Crippen LogP contribution >= 0.6 is 15.9 Å². The van der Waals surface area contributed by atoms with Crippen molar-refractivity contribution in [1.82, 2.24) is 9.80 Å². The molecule has 1 N–H and O–H groups in total. The lowest BCUT2D eigenvalue weighted by Crippen LogP contribution is -2.50. The van der Waals surface area contributed by atoms with E-state index in [1.54, 1.807) is 17.0 Å². The van der Waals surface area contributed by atoms with Crippen LogP contribution in [0.25, 0.3) is 0 Å². The molecule has 1 fully saturated rings. The van der Waals surface area contributed by atoms with Gasteiger partial charge in [-0.2, -0.15) is 0 Å². The van der Waals surface area contributed by atoms with Gasteiger partial charge in [0.15, 0.2) is 5.78 Å². The Morgan fingerprint density at radius 2 is 1.61 bits per heavy atom. The third kappa shape index (κ3) is 6.48. The largest absolute Gasteiger partial charge is 0.340 e. The number of nitrogens with one attached hydrogen (secondary N) is 1. The zero-order valence-corrected chi connectivity index (χ0v) is 19.6. The summed E-state index contributed by atoms with van der Waals surface area (Å²) >= 11 is 3.35. The molecule has 0 unspecified atom stereocenters. The Kier molecular flexibility index (Phi) is 7.98. The second kappa shape index (κ2) is 10.7. The molecule has 3 rings (SSSR count). The quantitative estimate of drug-likeness (QED) is 0.605. The van der Waals surface area contributed by atoms with Gasteiger partial charge in [-0.3, -0.25) is 19.3 Å². The molecule has 1 aliphatic heterocycles. The molecule has 1 aliphatic rings. The summed E-state index contributed by atoms with van der Waals surface area (Å²) in [5.74, 6) is -0.0823. The highest BCUT2D eigenvalue weighted by Gasteiger charge is 2.23. The first kappa shape index (κ1) is 23.2. The van der Waals surface area contributed by atoms with Crippen LogP contribution in [0.5, 0.6) is 0 Å². The number of amides is 2. The van der Waals surface area contributed by atoms with Crippen molar-refractivity contribution >= 4 is 39.2 Å². The maximum atomic E-state index is 12.5. The second-order valence-corrected chi connectivity index (χ2v) is 8.80. The highest BCUT2D eigenvalue weighted by atomic mass is 79.9. The van der Waals surface area contributed by atoms with E-state index >= 15 is 0 Å². The molecular formula is C24H28BrN3O3. The Morgan fingerprint density at radius 1 is 0.935 bits per heavy atom. The summed E-state index contributed by atoms with van der Waals surface area (Å²) in [7, 11) is 0. The molecule has 0 saturated carbocycles. The van der Waals surface area contributed by atoms with Crippen LogP contribution in [0, 0.1) is 13.8 Å². The fourth-order valence-electron chi connectivity index (χ4n) is 3.59. The van der Waals surface area contributed by atoms with Gasteiger partial charge in [0.1, 0.15) is 0 Å². The first-order valence-corrected chi connectivity index (χ1v) is 11.3. The normalized spacial score (nSPS) is 14.4. The summed E-state index contributed by atoms with van der Waals surface area (Å²) < 4.78 is 0.917. The van der Waals surface area contributed by atoms with E-state index < -0.39 is 0 Å². The Balaban J connectivity index is 1.41. The molecule has 0 radical (unpaired) electrons. The summed E-state index contributed by atoms with van der Waals surface area (Å²) in [5, 5.41) is 2.98. The van der Waals surface area contributed by atoms with Crippen molar-refractivity contribution in [3.63, 3.8) is 0 Å². The van der Waals surface area contributed by atoms with Gasteiger partial charge in [-0.05, 0) is 43.2 Å². The number of ketones is 1. The molecule has 1 saturated heterocycles. The monoisotopic (exact) mass is 485 g/mol. The second-order valence-electron chi connectivity index (χ2n) is 7.88. The lowest BCUT2D eigenvalue weighted by molar-refractivity contribution is -0.133. The fraction of sp³-hybridized carbons (Fsp3) is 0.375. The third-order valence-electron chi connectivity index (χ3n) is 5.70. The van der Waals surface area contributed by atoms with Crippen LogP contribution in [-0.4, -0.2) is 60.1 Å². The first-order valence-electron chi connectivity index (χ1n) is 10.5. The van der Waals surface area contributed by atoms with Crippen LogP contribution in [-0.2, 0) is 9.59 Å². The number of hydrogen-bond donors (Lipinski definition) is 1. The number of anilines is 1. The SMILES string of the molecule is Cc1cccc(NC(=O)CN2CCN(C(=O)CCC(=O)c3ccc(Br)cc3)CC2)c1C. The highest BCUT2D eigenvalue weighted by molar-refractivity contribution is 9.10. The van der Waals surface area contributed by atoms with Crippen molar-refractivity contribution in [3.8, 4) is 0 Å². The maximum Gasteiger partial charge on any atom is 0.238 e. The van der Waals surface area contributed by atoms with E-state index in [1.165, 1.54) is 0 Å². The topological polar surface area (TPSA) is 69.7 Å². The summed E-state index contributed by atoms with van der Waals surface area (Å²) in [4.78, 5) is 41.0. The summed E-state index contributed by atoms with van der Waals surface area (Å²) in [6, 6.07) is 13.0. The molecule has 0 spiro atoms. The van der Waals surface area contributed by atoms with Gasteiger partial charge in [-0.25, -0.2) is 0 Å². The van der Waals surface area contributed by atoms with E-state index in [4.69, 9.17) is 0 Å². The van der Waals surface area contributed by atoms with Crippen LogP contribution in [0.1, 0.15) is 34.3 Å². The number of piperazine rings is 1. The molecule has 7 heteroatoms. The molecule has 0 atom stereocenters. The van der Waals surface area contributed by atoms with Gasteiger partial charge in [-0.15, -0.1) is 0 Å². The van der Waals surface area contributed by atoms with Gasteiger partial charge in [-0.1, -0.05) is 40.2 Å². The molecule has 0 aromatic heterocycles. The van der Waals surface area contributed by atoms with Crippen molar-refractivity contribution in [2.75, 3.05) is 38.0 Å². The van der Waals surface area contributed by atoms with Gasteiger partial charge in [0, 0.05) is 54.7 Å². The smallest absolute Gasteiger partial charge is 0.238 e. The molecule has 2 aromatic rings. The molecule has 6 nitrogen and oxygen atoms in total. The Bertz CT molecular complexity index is 951. The lowest BCUT2D eigenvalue weighted by Gasteiger charge is -2.34. The number of Topliss-reactive ketones (excluding diaryl/α,β-unsaturated/α-hetero) is 1. The van der Waals surface area contributed by atoms with Gasteiger partial charge in [0.2, 0.25) is 11.8 Å². The molecule has 0 aliphatic carbocycles. The van der Waals surface area contributed by atoms with Crippen LogP contribution < -0.4 is 5.32 Å². The zero-order chi connectivity index (χ0) is 22.4. The van der Waals surface area contributed by atoms with E-state index in [-0.39, 0.29) is 30.4 Å². The van der Waals surface area contributed by atoms with E-state index in [1.807, 2.05) is 44.2 Å². The van der Waals surface area contributed by atoms with Crippen molar-refractivity contribution in [1.29, 1.82) is 0 Å². The van der Waals surface area contributed by atoms with Gasteiger partial charge in [0.25, 0.3) is 0 Å². The van der Waals surface area contributed by atoms with Crippen molar-refractivity contribution in [2.45, 2.75) is 26.7 Å². The molecule has 164 valence electrons. The van der Waals surface area contributed by atoms with E-state index in [0.29, 0.717) is 38.3 Å². The van der Waals surface area contributed by atoms with Crippen LogP contribution in [0.4, 0.5) is 5.69 Å². The minimum atomic E-state index is -0.0476. The Morgan fingerprint density at radius 3 is 2.29 bits per heavy atom. The Labute approximate surface area is 191 Å². The summed E-state index contributed by atoms with van der Waals surface area (Å²) in [5.41, 5.74) is 3.68. The number of aryl methyl sites for hydroxylation is 1. The molecule has 2 amide bonds. The van der Waals surface area contributed by atoms with Crippen molar-refractivity contribution < 1.29 is 14.4 Å². The van der Waals surface area contributed by atoms with E-state index in [9.17, 15) is 14.4 Å². The fourth-order valence-corrected chi connectivity index (χ4v) is 3.86. The number of hydrogen-bond acceptors (Lipinski definition) is 4. The van der Waals surface area contributed by atoms with Gasteiger partial charge in [0.05, 0.1) is 6.54 Å². The third-order valence-corrected chi connectivity index (χ3v) is 6.23. The molecule has 0 bridgehead atoms. The van der Waals surface area contributed by atoms with E-state index in [2.05, 4.69) is 26.1 Å². The number of halogens is 1. The first-order chi connectivity index (χ1) is 14.8. The van der Waals surface area contributed by atoms with Crippen LogP contribution in [0.15, 0.2) is 46.9 Å². The number of nitrogens with zero attached hydrogens (tertiary/aromatic N) is 2. The van der Waals surface area contributed by atoms with Gasteiger partial charge < -0.3 is 10.2 Å². The number of benzene rings is 2. The lowest BCUT2D eigenvalue weighted by atomic mass is 10.1. The van der Waals surface area contributed by atoms with E-state index in [0.717, 1.165) is 21.3 Å². The number of carbonyl (C=O) groups is 3. The predicted octanol–water partition coefficient (Wildman–Crippen LogP) is 3.81. The average Bonchev–Trinajstić information content (AvgIpc) is 2.76. The van der Waals surface area contributed by atoms with Crippen molar-refractivity contribution in [3.05, 3.63) is 63.6 Å². The summed E-state index contributed by atoms with van der Waals surface area (Å²) in [6.07, 6.45) is 0.418. The molecule has 31 heavy (non-hydrogen) atoms. The standard InChI is InChI=1S/C24H28BrN3O3/c1-17-4-3-5-21(18(17)2)26-23(30)16-27-12-14-28(15-13-27)24(31)11-10-22(29)19-6-8-20(25)9-7-19/h3-9H,10-16H2,1-2H3,(H,26,30). The van der Waals surface area contributed by atoms with Crippen LogP contribution in [0.2, 0.25) is 0 Å². The minimum absolute atomic E-state index is 0.00931. The molecule has 1 heterocycles. The van der Waals surface area contributed by atoms with Crippen LogP contribution in [0.3, 0.4) is 0 Å². The van der Waals surface area contributed by atoms with Crippen molar-refractivity contribution in [2.24, 2.45) is 0 Å². The maximum absolute atomic E-state index is 12.5. The average molecular weight is 486 g/mol. The van der Waals surface area contributed by atoms with Gasteiger partial charge >= 0.3 is 0 Å². The Hall–Kier alpha value is -2.51. The predicted molar refractivity (Wildman–Crippen MR) is 125 cm³/mol. The molecule has 2 aromatic carbocycles. The minimum Gasteiger partial charge on any atom is -0.340 e. The number of rotatable bonds is 7. The molecular weight excluding hydrogens is 458 g/mol. The zero-order valence-electron chi connectivity index (χ0n) is 18.0. The highest BCUT2D eigenvalue weighted by Crippen LogP contribution is 2.18. The summed E-state index contributed by atoms with van der Waals surface area (Å²) in [6.45, 7) is 6.76. The number of carbonyl (C=O) groups excluding carboxylic acids is 3.